The largest absolute Gasteiger partial charge is 0.335 e. The summed E-state index contributed by atoms with van der Waals surface area (Å²) >= 11 is 5.37. The molecule has 0 aliphatic heterocycles. The van der Waals surface area contributed by atoms with Crippen molar-refractivity contribution in [2.75, 3.05) is 0 Å². The van der Waals surface area contributed by atoms with E-state index in [1.165, 1.54) is 0 Å². The van der Waals surface area contributed by atoms with Crippen molar-refractivity contribution in [3.05, 3.63) is 30.3 Å². The zero-order valence-electron chi connectivity index (χ0n) is 9.93. The van der Waals surface area contributed by atoms with E-state index in [4.69, 9.17) is 11.6 Å². The number of halogens is 2. The molecule has 1 saturated carbocycles. The first kappa shape index (κ1) is 15.0. The number of nitrogens with zero attached hydrogens (tertiary/aromatic N) is 1. The summed E-state index contributed by atoms with van der Waals surface area (Å²) in [6.45, 7) is 0. The SMILES string of the molecule is Cl.O=C(Cl)NC1CCCCC1=Nc1ccccc1. The molecular formula is C13H16Cl2N2O. The van der Waals surface area contributed by atoms with Crippen LogP contribution in [-0.2, 0) is 0 Å². The van der Waals surface area contributed by atoms with Gasteiger partial charge in [-0.05, 0) is 43.0 Å². The van der Waals surface area contributed by atoms with Crippen LogP contribution in [0.25, 0.3) is 0 Å². The Labute approximate surface area is 118 Å². The first-order chi connectivity index (χ1) is 8.25. The van der Waals surface area contributed by atoms with E-state index in [1.807, 2.05) is 30.3 Å². The number of amides is 1. The summed E-state index contributed by atoms with van der Waals surface area (Å²) in [6.07, 6.45) is 4.08. The summed E-state index contributed by atoms with van der Waals surface area (Å²) < 4.78 is 0. The number of nitrogens with one attached hydrogen (secondary N) is 1. The molecule has 0 spiro atoms. The number of hydrogen-bond donors (Lipinski definition) is 1. The first-order valence-corrected chi connectivity index (χ1v) is 6.22. The normalized spacial score (nSPS) is 21.2. The Hall–Kier alpha value is -1.06. The Bertz CT molecular complexity index is 420. The number of carbonyl (C=O) groups excluding carboxylic acids is 1. The summed E-state index contributed by atoms with van der Waals surface area (Å²) in [4.78, 5) is 15.5. The summed E-state index contributed by atoms with van der Waals surface area (Å²) in [5.74, 6) is 0. The van der Waals surface area contributed by atoms with E-state index in [0.717, 1.165) is 37.1 Å². The average molecular weight is 287 g/mol. The molecule has 3 nitrogen and oxygen atoms in total. The van der Waals surface area contributed by atoms with Crippen LogP contribution in [0.1, 0.15) is 25.7 Å². The van der Waals surface area contributed by atoms with Crippen molar-refractivity contribution in [1.82, 2.24) is 5.32 Å². The topological polar surface area (TPSA) is 41.5 Å². The number of aliphatic imine (C=N–C) groups is 1. The van der Waals surface area contributed by atoms with Crippen LogP contribution in [0.3, 0.4) is 0 Å². The summed E-state index contributed by atoms with van der Waals surface area (Å²) in [5.41, 5.74) is 1.95. The molecule has 98 valence electrons. The van der Waals surface area contributed by atoms with Crippen molar-refractivity contribution in [2.24, 2.45) is 4.99 Å². The van der Waals surface area contributed by atoms with Gasteiger partial charge in [-0.15, -0.1) is 12.4 Å². The third kappa shape index (κ3) is 4.31. The van der Waals surface area contributed by atoms with Crippen LogP contribution < -0.4 is 5.32 Å². The Kier molecular flexibility index (Phi) is 6.16. The monoisotopic (exact) mass is 286 g/mol. The first-order valence-electron chi connectivity index (χ1n) is 5.84. The summed E-state index contributed by atoms with van der Waals surface area (Å²) in [5, 5.41) is 2.25. The van der Waals surface area contributed by atoms with Gasteiger partial charge in [0.25, 0.3) is 0 Å². The van der Waals surface area contributed by atoms with Gasteiger partial charge in [-0.25, -0.2) is 0 Å². The summed E-state index contributed by atoms with van der Waals surface area (Å²) in [6, 6.07) is 9.79. The molecule has 5 heteroatoms. The molecular weight excluding hydrogens is 271 g/mol. The van der Waals surface area contributed by atoms with Crippen molar-refractivity contribution in [3.8, 4) is 0 Å². The minimum atomic E-state index is -0.502. The molecule has 1 N–H and O–H groups in total. The number of benzene rings is 1. The molecule has 1 aromatic carbocycles. The van der Waals surface area contributed by atoms with Crippen LogP contribution in [0.15, 0.2) is 35.3 Å². The molecule has 0 heterocycles. The van der Waals surface area contributed by atoms with Crippen LogP contribution in [0, 0.1) is 0 Å². The lowest BCUT2D eigenvalue weighted by Gasteiger charge is -2.24. The molecule has 1 amide bonds. The van der Waals surface area contributed by atoms with E-state index in [9.17, 15) is 4.79 Å². The predicted octanol–water partition coefficient (Wildman–Crippen LogP) is 4.07. The van der Waals surface area contributed by atoms with E-state index >= 15 is 0 Å². The highest BCUT2D eigenvalue weighted by molar-refractivity contribution is 6.63. The molecule has 0 saturated heterocycles. The van der Waals surface area contributed by atoms with Gasteiger partial charge in [0.05, 0.1) is 11.7 Å². The Morgan fingerprint density at radius 2 is 2.00 bits per heavy atom. The average Bonchev–Trinajstić information content (AvgIpc) is 2.32. The molecule has 0 aromatic heterocycles. The molecule has 1 aliphatic rings. The van der Waals surface area contributed by atoms with Gasteiger partial charge in [0, 0.05) is 5.71 Å². The standard InChI is InChI=1S/C13H15ClN2O.ClH/c14-13(17)16-12-9-5-4-8-11(12)15-10-6-2-1-3-7-10;/h1-3,6-7,12H,4-5,8-9H2,(H,16,17);1H. The second-order valence-corrected chi connectivity index (χ2v) is 4.50. The smallest absolute Gasteiger partial charge is 0.314 e. The van der Waals surface area contributed by atoms with Gasteiger partial charge >= 0.3 is 5.37 Å². The van der Waals surface area contributed by atoms with Crippen LogP contribution in [0.2, 0.25) is 0 Å². The lowest BCUT2D eigenvalue weighted by atomic mass is 9.93. The fourth-order valence-electron chi connectivity index (χ4n) is 2.09. The van der Waals surface area contributed by atoms with Gasteiger partial charge in [-0.2, -0.15) is 0 Å². The molecule has 1 aliphatic carbocycles. The highest BCUT2D eigenvalue weighted by Crippen LogP contribution is 2.20. The Morgan fingerprint density at radius 3 is 2.67 bits per heavy atom. The molecule has 2 rings (SSSR count). The fraction of sp³-hybridized carbons (Fsp3) is 0.385. The van der Waals surface area contributed by atoms with Crippen molar-refractivity contribution < 1.29 is 4.79 Å². The Morgan fingerprint density at radius 1 is 1.28 bits per heavy atom. The third-order valence-corrected chi connectivity index (χ3v) is 3.00. The number of hydrogen-bond acceptors (Lipinski definition) is 2. The van der Waals surface area contributed by atoms with Gasteiger partial charge in [-0.3, -0.25) is 9.79 Å². The molecule has 18 heavy (non-hydrogen) atoms. The van der Waals surface area contributed by atoms with E-state index in [1.54, 1.807) is 0 Å². The molecule has 0 radical (unpaired) electrons. The van der Waals surface area contributed by atoms with Crippen molar-refractivity contribution >= 4 is 40.8 Å². The van der Waals surface area contributed by atoms with Crippen LogP contribution >= 0.6 is 24.0 Å². The van der Waals surface area contributed by atoms with E-state index in [2.05, 4.69) is 10.3 Å². The van der Waals surface area contributed by atoms with Gasteiger partial charge in [0.1, 0.15) is 0 Å². The maximum atomic E-state index is 10.9. The minimum absolute atomic E-state index is 0. The van der Waals surface area contributed by atoms with Gasteiger partial charge < -0.3 is 5.32 Å². The van der Waals surface area contributed by atoms with Gasteiger partial charge in [0.15, 0.2) is 0 Å². The highest BCUT2D eigenvalue weighted by Gasteiger charge is 2.21. The number of rotatable bonds is 2. The maximum absolute atomic E-state index is 10.9. The quantitative estimate of drug-likeness (QED) is 0.646. The van der Waals surface area contributed by atoms with Gasteiger partial charge in [0.2, 0.25) is 0 Å². The Balaban J connectivity index is 0.00000162. The third-order valence-electron chi connectivity index (χ3n) is 2.89. The van der Waals surface area contributed by atoms with Crippen LogP contribution in [0.4, 0.5) is 10.5 Å². The number of carbonyl (C=O) groups is 1. The van der Waals surface area contributed by atoms with E-state index in [0.29, 0.717) is 0 Å². The van der Waals surface area contributed by atoms with Crippen molar-refractivity contribution in [3.63, 3.8) is 0 Å². The zero-order chi connectivity index (χ0) is 12.1. The van der Waals surface area contributed by atoms with Crippen LogP contribution in [0.5, 0.6) is 0 Å². The minimum Gasteiger partial charge on any atom is -0.335 e. The van der Waals surface area contributed by atoms with Gasteiger partial charge in [-0.1, -0.05) is 24.6 Å². The summed E-state index contributed by atoms with van der Waals surface area (Å²) in [7, 11) is 0. The maximum Gasteiger partial charge on any atom is 0.314 e. The highest BCUT2D eigenvalue weighted by atomic mass is 35.5. The molecule has 1 unspecified atom stereocenters. The molecule has 1 fully saturated rings. The molecule has 1 aromatic rings. The fourth-order valence-corrected chi connectivity index (χ4v) is 2.22. The second-order valence-electron chi connectivity index (χ2n) is 4.16. The zero-order valence-corrected chi connectivity index (χ0v) is 11.5. The predicted molar refractivity (Wildman–Crippen MR) is 77.4 cm³/mol. The lowest BCUT2D eigenvalue weighted by molar-refractivity contribution is 0.257. The van der Waals surface area contributed by atoms with Crippen molar-refractivity contribution in [1.29, 1.82) is 0 Å². The molecule has 1 atom stereocenters. The van der Waals surface area contributed by atoms with Crippen LogP contribution in [-0.4, -0.2) is 17.1 Å². The molecule has 0 bridgehead atoms. The van der Waals surface area contributed by atoms with E-state index < -0.39 is 5.37 Å². The van der Waals surface area contributed by atoms with Crippen molar-refractivity contribution in [2.45, 2.75) is 31.7 Å². The number of para-hydroxylation sites is 1. The second kappa shape index (κ2) is 7.39. The lowest BCUT2D eigenvalue weighted by Crippen LogP contribution is -2.40. The van der Waals surface area contributed by atoms with E-state index in [-0.39, 0.29) is 18.4 Å².